The number of nitrogens with zero attached hydrogens (tertiary/aromatic N) is 3. The van der Waals surface area contributed by atoms with E-state index in [-0.39, 0.29) is 17.7 Å². The molecule has 1 unspecified atom stereocenters. The number of hydrogen-bond donors (Lipinski definition) is 1. The first-order valence-electron chi connectivity index (χ1n) is 8.78. The number of aromatic nitrogens is 2. The zero-order valence-electron chi connectivity index (χ0n) is 15.5. The Hall–Kier alpha value is -2.98. The SMILES string of the molecule is CC(C)C(C(=O)Nc1cccc2nonc12)N1C(=O)C(=Cc2ccco2)SC1=S. The van der Waals surface area contributed by atoms with Gasteiger partial charge in [0.25, 0.3) is 5.91 Å². The molecule has 0 bridgehead atoms. The highest BCUT2D eigenvalue weighted by Crippen LogP contribution is 2.36. The van der Waals surface area contributed by atoms with Gasteiger partial charge < -0.3 is 9.73 Å². The van der Waals surface area contributed by atoms with Gasteiger partial charge in [0.05, 0.1) is 16.9 Å². The van der Waals surface area contributed by atoms with Crippen LogP contribution >= 0.6 is 24.0 Å². The summed E-state index contributed by atoms with van der Waals surface area (Å²) in [5, 5.41) is 10.4. The average molecular weight is 428 g/mol. The molecule has 1 atom stereocenters. The number of furan rings is 1. The second-order valence-electron chi connectivity index (χ2n) is 6.68. The molecule has 8 nitrogen and oxygen atoms in total. The second kappa shape index (κ2) is 7.80. The van der Waals surface area contributed by atoms with E-state index in [4.69, 9.17) is 21.3 Å². The molecule has 1 aliphatic rings. The summed E-state index contributed by atoms with van der Waals surface area (Å²) in [5.74, 6) is -0.339. The van der Waals surface area contributed by atoms with E-state index < -0.39 is 6.04 Å². The molecule has 0 radical (unpaired) electrons. The Morgan fingerprint density at radius 1 is 1.28 bits per heavy atom. The van der Waals surface area contributed by atoms with E-state index in [1.54, 1.807) is 36.4 Å². The van der Waals surface area contributed by atoms with Crippen molar-refractivity contribution in [3.8, 4) is 0 Å². The van der Waals surface area contributed by atoms with E-state index in [2.05, 4.69) is 15.6 Å². The predicted octanol–water partition coefficient (Wildman–Crippen LogP) is 3.68. The molecule has 148 valence electrons. The number of rotatable bonds is 5. The molecule has 0 spiro atoms. The van der Waals surface area contributed by atoms with E-state index in [9.17, 15) is 9.59 Å². The lowest BCUT2D eigenvalue weighted by Gasteiger charge is -2.28. The minimum Gasteiger partial charge on any atom is -0.465 e. The number of benzene rings is 1. The molecule has 4 rings (SSSR count). The lowest BCUT2D eigenvalue weighted by Crippen LogP contribution is -2.49. The zero-order valence-corrected chi connectivity index (χ0v) is 17.1. The minimum atomic E-state index is -0.792. The highest BCUT2D eigenvalue weighted by atomic mass is 32.2. The maximum atomic E-state index is 13.1. The molecule has 2 aromatic heterocycles. The number of nitrogens with one attached hydrogen (secondary N) is 1. The maximum Gasteiger partial charge on any atom is 0.267 e. The normalized spacial score (nSPS) is 16.9. The van der Waals surface area contributed by atoms with Gasteiger partial charge in [0.1, 0.15) is 21.6 Å². The Kier molecular flexibility index (Phi) is 5.20. The summed E-state index contributed by atoms with van der Waals surface area (Å²) in [6.45, 7) is 3.72. The highest BCUT2D eigenvalue weighted by molar-refractivity contribution is 8.26. The third-order valence-electron chi connectivity index (χ3n) is 4.36. The first kappa shape index (κ1) is 19.3. The van der Waals surface area contributed by atoms with Crippen LogP contribution in [0.3, 0.4) is 0 Å². The molecule has 10 heteroatoms. The standard InChI is InChI=1S/C19H16N4O4S2/c1-10(2)16(17(24)20-12-6-3-7-13-15(12)22-27-21-13)23-18(25)14(29-19(23)28)9-11-5-4-8-26-11/h3-10,16H,1-2H3,(H,20,24). The van der Waals surface area contributed by atoms with E-state index in [1.165, 1.54) is 11.2 Å². The molecule has 3 heterocycles. The van der Waals surface area contributed by atoms with Gasteiger partial charge in [0.2, 0.25) is 5.91 Å². The second-order valence-corrected chi connectivity index (χ2v) is 8.36. The first-order chi connectivity index (χ1) is 14.0. The molecule has 0 saturated carbocycles. The minimum absolute atomic E-state index is 0.185. The Morgan fingerprint density at radius 2 is 2.10 bits per heavy atom. The predicted molar refractivity (Wildman–Crippen MR) is 113 cm³/mol. The van der Waals surface area contributed by atoms with E-state index >= 15 is 0 Å². The number of anilines is 1. The van der Waals surface area contributed by atoms with Crippen molar-refractivity contribution in [2.45, 2.75) is 19.9 Å². The monoisotopic (exact) mass is 428 g/mol. The molecule has 3 aromatic rings. The van der Waals surface area contributed by atoms with E-state index in [0.29, 0.717) is 31.7 Å². The van der Waals surface area contributed by atoms with Crippen LogP contribution in [0.1, 0.15) is 19.6 Å². The van der Waals surface area contributed by atoms with Crippen LogP contribution in [-0.2, 0) is 9.59 Å². The molecule has 1 aliphatic heterocycles. The van der Waals surface area contributed by atoms with Crippen LogP contribution < -0.4 is 5.32 Å². The summed E-state index contributed by atoms with van der Waals surface area (Å²) in [4.78, 5) is 27.9. The topological polar surface area (TPSA) is 101 Å². The van der Waals surface area contributed by atoms with Gasteiger partial charge in [-0.25, -0.2) is 4.63 Å². The van der Waals surface area contributed by atoms with Gasteiger partial charge in [-0.05, 0) is 40.5 Å². The van der Waals surface area contributed by atoms with E-state index in [1.807, 2.05) is 13.8 Å². The summed E-state index contributed by atoms with van der Waals surface area (Å²) in [6.07, 6.45) is 3.15. The first-order valence-corrected chi connectivity index (χ1v) is 10.0. The van der Waals surface area contributed by atoms with Crippen molar-refractivity contribution < 1.29 is 18.6 Å². The highest BCUT2D eigenvalue weighted by Gasteiger charge is 2.42. The van der Waals surface area contributed by atoms with Crippen LogP contribution in [-0.4, -0.2) is 37.4 Å². The fourth-order valence-electron chi connectivity index (χ4n) is 3.05. The lowest BCUT2D eigenvalue weighted by atomic mass is 10.0. The van der Waals surface area contributed by atoms with Crippen LogP contribution in [0.5, 0.6) is 0 Å². The summed E-state index contributed by atoms with van der Waals surface area (Å²) in [6, 6.07) is 7.84. The molecule has 1 N–H and O–H groups in total. The number of amides is 2. The number of thiocarbonyl (C=S) groups is 1. The largest absolute Gasteiger partial charge is 0.465 e. The van der Waals surface area contributed by atoms with Gasteiger partial charge in [-0.15, -0.1) is 0 Å². The Balaban J connectivity index is 1.62. The summed E-state index contributed by atoms with van der Waals surface area (Å²) in [7, 11) is 0. The van der Waals surface area contributed by atoms with E-state index in [0.717, 1.165) is 11.8 Å². The molecule has 2 amide bonds. The molecule has 1 saturated heterocycles. The Labute approximate surface area is 175 Å². The molecule has 1 aromatic carbocycles. The van der Waals surface area contributed by atoms with Crippen molar-refractivity contribution in [3.05, 3.63) is 47.3 Å². The summed E-state index contributed by atoms with van der Waals surface area (Å²) in [5.41, 5.74) is 1.42. The van der Waals surface area contributed by atoms with Gasteiger partial charge in [-0.3, -0.25) is 14.5 Å². The summed E-state index contributed by atoms with van der Waals surface area (Å²) >= 11 is 6.56. The number of carbonyl (C=O) groups is 2. The van der Waals surface area contributed by atoms with Gasteiger partial charge in [-0.2, -0.15) is 0 Å². The number of carbonyl (C=O) groups excluding carboxylic acids is 2. The number of hydrogen-bond acceptors (Lipinski definition) is 8. The molecular weight excluding hydrogens is 412 g/mol. The van der Waals surface area contributed by atoms with Crippen molar-refractivity contribution in [1.82, 2.24) is 15.2 Å². The van der Waals surface area contributed by atoms with Crippen molar-refractivity contribution in [2.75, 3.05) is 5.32 Å². The third kappa shape index (κ3) is 3.68. The summed E-state index contributed by atoms with van der Waals surface area (Å²) < 4.78 is 10.3. The Morgan fingerprint density at radius 3 is 2.83 bits per heavy atom. The molecular formula is C19H16N4O4S2. The fourth-order valence-corrected chi connectivity index (χ4v) is 4.36. The van der Waals surface area contributed by atoms with Gasteiger partial charge >= 0.3 is 0 Å². The van der Waals surface area contributed by atoms with Gasteiger partial charge in [0.15, 0.2) is 5.52 Å². The smallest absolute Gasteiger partial charge is 0.267 e. The zero-order chi connectivity index (χ0) is 20.5. The fraction of sp³-hybridized carbons (Fsp3) is 0.211. The van der Waals surface area contributed by atoms with Crippen molar-refractivity contribution in [3.63, 3.8) is 0 Å². The van der Waals surface area contributed by atoms with Crippen molar-refractivity contribution in [1.29, 1.82) is 0 Å². The molecule has 0 aliphatic carbocycles. The average Bonchev–Trinajstić information content (AvgIpc) is 3.40. The molecule has 1 fully saturated rings. The van der Waals surface area contributed by atoms with Crippen molar-refractivity contribution in [2.24, 2.45) is 5.92 Å². The quantitative estimate of drug-likeness (QED) is 0.485. The van der Waals surface area contributed by atoms with Crippen LogP contribution in [0.2, 0.25) is 0 Å². The third-order valence-corrected chi connectivity index (χ3v) is 5.69. The van der Waals surface area contributed by atoms with Gasteiger partial charge in [-0.1, -0.05) is 43.9 Å². The maximum absolute atomic E-state index is 13.1. The van der Waals surface area contributed by atoms with Crippen LogP contribution in [0, 0.1) is 5.92 Å². The Bertz CT molecular complexity index is 1120. The van der Waals surface area contributed by atoms with Crippen LogP contribution in [0.4, 0.5) is 5.69 Å². The van der Waals surface area contributed by atoms with Gasteiger partial charge in [0, 0.05) is 6.08 Å². The van der Waals surface area contributed by atoms with Crippen LogP contribution in [0.25, 0.3) is 17.1 Å². The van der Waals surface area contributed by atoms with Crippen molar-refractivity contribution >= 4 is 62.9 Å². The number of fused-ring (bicyclic) bond motifs is 1. The van der Waals surface area contributed by atoms with Crippen LogP contribution in [0.15, 0.2) is 50.5 Å². The lowest BCUT2D eigenvalue weighted by molar-refractivity contribution is -0.131. The number of thioether (sulfide) groups is 1. The molecule has 29 heavy (non-hydrogen) atoms.